The van der Waals surface area contributed by atoms with E-state index >= 15 is 0 Å². The van der Waals surface area contributed by atoms with Gasteiger partial charge >= 0.3 is 0 Å². The number of hydrogen-bond acceptors (Lipinski definition) is 2. The number of rotatable bonds is 8. The first-order valence-electron chi connectivity index (χ1n) is 7.65. The largest absolute Gasteiger partial charge is 0.385 e. The van der Waals surface area contributed by atoms with Crippen molar-refractivity contribution in [3.63, 3.8) is 0 Å². The highest BCUT2D eigenvalue weighted by molar-refractivity contribution is 5.36. The highest BCUT2D eigenvalue weighted by Gasteiger charge is 2.12. The Morgan fingerprint density at radius 3 is 2.84 bits per heavy atom. The predicted molar refractivity (Wildman–Crippen MR) is 80.6 cm³/mol. The van der Waals surface area contributed by atoms with Crippen LogP contribution < -0.4 is 5.32 Å². The fourth-order valence-corrected chi connectivity index (χ4v) is 2.85. The van der Waals surface area contributed by atoms with Crippen molar-refractivity contribution in [2.24, 2.45) is 0 Å². The second-order valence-corrected chi connectivity index (χ2v) is 5.61. The molecular weight excluding hydrogens is 234 g/mol. The molecule has 1 unspecified atom stereocenters. The summed E-state index contributed by atoms with van der Waals surface area (Å²) in [5.41, 5.74) is 4.58. The van der Waals surface area contributed by atoms with E-state index in [9.17, 15) is 0 Å². The van der Waals surface area contributed by atoms with Crippen LogP contribution in [0.1, 0.15) is 55.3 Å². The maximum absolute atomic E-state index is 5.06. The topological polar surface area (TPSA) is 21.3 Å². The van der Waals surface area contributed by atoms with Crippen LogP contribution in [-0.4, -0.2) is 20.3 Å². The third-order valence-corrected chi connectivity index (χ3v) is 4.10. The van der Waals surface area contributed by atoms with E-state index in [1.165, 1.54) is 44.1 Å². The standard InChI is InChI=1S/C17H27NO/c1-14(18-11-4-3-5-12-19-2)16-10-9-15-7-6-8-17(15)13-16/h9-10,13-14,18H,3-8,11-12H2,1-2H3. The van der Waals surface area contributed by atoms with E-state index < -0.39 is 0 Å². The summed E-state index contributed by atoms with van der Waals surface area (Å²) in [6.07, 6.45) is 7.53. The van der Waals surface area contributed by atoms with Gasteiger partial charge in [-0.1, -0.05) is 18.2 Å². The number of ether oxygens (including phenoxy) is 1. The van der Waals surface area contributed by atoms with Gasteiger partial charge in [0.05, 0.1) is 0 Å². The van der Waals surface area contributed by atoms with E-state index in [1.807, 2.05) is 0 Å². The lowest BCUT2D eigenvalue weighted by molar-refractivity contribution is 0.192. The fourth-order valence-electron chi connectivity index (χ4n) is 2.85. The highest BCUT2D eigenvalue weighted by Crippen LogP contribution is 2.25. The summed E-state index contributed by atoms with van der Waals surface area (Å²) in [4.78, 5) is 0. The summed E-state index contributed by atoms with van der Waals surface area (Å²) in [6, 6.07) is 7.50. The van der Waals surface area contributed by atoms with E-state index in [4.69, 9.17) is 4.74 Å². The molecule has 0 amide bonds. The highest BCUT2D eigenvalue weighted by atomic mass is 16.5. The molecule has 0 spiro atoms. The molecule has 19 heavy (non-hydrogen) atoms. The van der Waals surface area contributed by atoms with Crippen molar-refractivity contribution in [2.75, 3.05) is 20.3 Å². The molecule has 0 fully saturated rings. The summed E-state index contributed by atoms with van der Waals surface area (Å²) in [5.74, 6) is 0. The van der Waals surface area contributed by atoms with Crippen molar-refractivity contribution < 1.29 is 4.74 Å². The van der Waals surface area contributed by atoms with Gasteiger partial charge in [-0.3, -0.25) is 0 Å². The van der Waals surface area contributed by atoms with Crippen LogP contribution in [0.25, 0.3) is 0 Å². The number of methoxy groups -OCH3 is 1. The van der Waals surface area contributed by atoms with Gasteiger partial charge in [-0.25, -0.2) is 0 Å². The zero-order valence-electron chi connectivity index (χ0n) is 12.4. The van der Waals surface area contributed by atoms with Gasteiger partial charge in [0.2, 0.25) is 0 Å². The van der Waals surface area contributed by atoms with Gasteiger partial charge in [0, 0.05) is 19.8 Å². The van der Waals surface area contributed by atoms with Crippen LogP contribution in [0.2, 0.25) is 0 Å². The number of fused-ring (bicyclic) bond motifs is 1. The third-order valence-electron chi connectivity index (χ3n) is 4.10. The lowest BCUT2D eigenvalue weighted by Crippen LogP contribution is -2.20. The molecule has 0 bridgehead atoms. The first kappa shape index (κ1) is 14.5. The molecule has 0 radical (unpaired) electrons. The second kappa shape index (κ2) is 7.66. The SMILES string of the molecule is COCCCCCNC(C)c1ccc2c(c1)CCC2. The van der Waals surface area contributed by atoms with Crippen molar-refractivity contribution in [2.45, 2.75) is 51.5 Å². The Balaban J connectivity index is 1.72. The van der Waals surface area contributed by atoms with Crippen LogP contribution >= 0.6 is 0 Å². The van der Waals surface area contributed by atoms with Crippen LogP contribution in [0.4, 0.5) is 0 Å². The normalized spacial score (nSPS) is 15.5. The first-order chi connectivity index (χ1) is 9.31. The van der Waals surface area contributed by atoms with Crippen LogP contribution in [0.15, 0.2) is 18.2 Å². The average molecular weight is 261 g/mol. The van der Waals surface area contributed by atoms with E-state index in [-0.39, 0.29) is 0 Å². The molecule has 1 aliphatic carbocycles. The van der Waals surface area contributed by atoms with Crippen LogP contribution in [0.3, 0.4) is 0 Å². The molecule has 106 valence electrons. The van der Waals surface area contributed by atoms with Gasteiger partial charge in [0.25, 0.3) is 0 Å². The van der Waals surface area contributed by atoms with Gasteiger partial charge in [-0.05, 0) is 68.7 Å². The van der Waals surface area contributed by atoms with Crippen molar-refractivity contribution in [3.8, 4) is 0 Å². The minimum atomic E-state index is 0.466. The van der Waals surface area contributed by atoms with Gasteiger partial charge in [-0.2, -0.15) is 0 Å². The Hall–Kier alpha value is -0.860. The van der Waals surface area contributed by atoms with Gasteiger partial charge in [0.15, 0.2) is 0 Å². The third kappa shape index (κ3) is 4.32. The Kier molecular flexibility index (Phi) is 5.87. The molecule has 0 saturated heterocycles. The monoisotopic (exact) mass is 261 g/mol. The summed E-state index contributed by atoms with van der Waals surface area (Å²) in [7, 11) is 1.77. The molecule has 1 aromatic rings. The van der Waals surface area contributed by atoms with Crippen molar-refractivity contribution in [3.05, 3.63) is 34.9 Å². The number of benzene rings is 1. The van der Waals surface area contributed by atoms with Crippen LogP contribution in [0.5, 0.6) is 0 Å². The molecule has 2 heteroatoms. The zero-order chi connectivity index (χ0) is 13.5. The molecule has 2 rings (SSSR count). The minimum Gasteiger partial charge on any atom is -0.385 e. The Labute approximate surface area is 117 Å². The molecular formula is C17H27NO. The molecule has 2 nitrogen and oxygen atoms in total. The van der Waals surface area contributed by atoms with E-state index in [0.29, 0.717) is 6.04 Å². The molecule has 0 aliphatic heterocycles. The maximum atomic E-state index is 5.06. The fraction of sp³-hybridized carbons (Fsp3) is 0.647. The smallest absolute Gasteiger partial charge is 0.0462 e. The van der Waals surface area contributed by atoms with E-state index in [0.717, 1.165) is 13.2 Å². The van der Waals surface area contributed by atoms with Gasteiger partial charge < -0.3 is 10.1 Å². The summed E-state index contributed by atoms with van der Waals surface area (Å²) < 4.78 is 5.06. The zero-order valence-corrected chi connectivity index (χ0v) is 12.4. The second-order valence-electron chi connectivity index (χ2n) is 5.61. The minimum absolute atomic E-state index is 0.466. The molecule has 0 heterocycles. The molecule has 1 atom stereocenters. The summed E-state index contributed by atoms with van der Waals surface area (Å²) in [5, 5.41) is 3.63. The Morgan fingerprint density at radius 1 is 1.16 bits per heavy atom. The molecule has 1 N–H and O–H groups in total. The number of nitrogens with one attached hydrogen (secondary N) is 1. The Bertz CT molecular complexity index is 389. The van der Waals surface area contributed by atoms with Crippen molar-refractivity contribution in [1.29, 1.82) is 0 Å². The Morgan fingerprint density at radius 2 is 2.00 bits per heavy atom. The number of hydrogen-bond donors (Lipinski definition) is 1. The van der Waals surface area contributed by atoms with Crippen LogP contribution in [0, 0.1) is 0 Å². The van der Waals surface area contributed by atoms with E-state index in [2.05, 4.69) is 30.4 Å². The van der Waals surface area contributed by atoms with Crippen LogP contribution in [-0.2, 0) is 17.6 Å². The maximum Gasteiger partial charge on any atom is 0.0462 e. The van der Waals surface area contributed by atoms with E-state index in [1.54, 1.807) is 18.2 Å². The molecule has 1 aromatic carbocycles. The number of aryl methyl sites for hydroxylation is 2. The molecule has 0 aromatic heterocycles. The summed E-state index contributed by atoms with van der Waals surface area (Å²) >= 11 is 0. The molecule has 1 aliphatic rings. The van der Waals surface area contributed by atoms with Crippen molar-refractivity contribution >= 4 is 0 Å². The van der Waals surface area contributed by atoms with Crippen molar-refractivity contribution in [1.82, 2.24) is 5.32 Å². The first-order valence-corrected chi connectivity index (χ1v) is 7.65. The number of unbranched alkanes of at least 4 members (excludes halogenated alkanes) is 2. The average Bonchev–Trinajstić information content (AvgIpc) is 2.89. The summed E-state index contributed by atoms with van der Waals surface area (Å²) in [6.45, 7) is 4.26. The quantitative estimate of drug-likeness (QED) is 0.721. The molecule has 0 saturated carbocycles. The van der Waals surface area contributed by atoms with Gasteiger partial charge in [0.1, 0.15) is 0 Å². The van der Waals surface area contributed by atoms with Gasteiger partial charge in [-0.15, -0.1) is 0 Å². The predicted octanol–water partition coefficient (Wildman–Crippen LogP) is 3.64. The lowest BCUT2D eigenvalue weighted by Gasteiger charge is -2.15. The lowest BCUT2D eigenvalue weighted by atomic mass is 10.0.